The third kappa shape index (κ3) is 10.1. The zero-order valence-electron chi connectivity index (χ0n) is 12.4. The lowest BCUT2D eigenvalue weighted by Crippen LogP contribution is -2.33. The second kappa shape index (κ2) is 12.1. The number of thioether (sulfide) groups is 1. The van der Waals surface area contributed by atoms with E-state index in [1.807, 2.05) is 0 Å². The molecule has 0 unspecified atom stereocenters. The molecule has 0 aliphatic carbocycles. The Labute approximate surface area is 143 Å². The van der Waals surface area contributed by atoms with Gasteiger partial charge in [0.2, 0.25) is 4.38 Å². The third-order valence-corrected chi connectivity index (χ3v) is 3.47. The van der Waals surface area contributed by atoms with Crippen molar-refractivity contribution in [3.05, 3.63) is 12.7 Å². The first-order valence-corrected chi connectivity index (χ1v) is 8.09. The quantitative estimate of drug-likeness (QED) is 0.271. The number of ether oxygens (including phenoxy) is 6. The van der Waals surface area contributed by atoms with Gasteiger partial charge in [-0.25, -0.2) is 9.59 Å². The van der Waals surface area contributed by atoms with Gasteiger partial charge in [-0.2, -0.15) is 0 Å². The summed E-state index contributed by atoms with van der Waals surface area (Å²) in [5, 5.41) is 0. The fourth-order valence-electron chi connectivity index (χ4n) is 1.32. The highest BCUT2D eigenvalue weighted by molar-refractivity contribution is 8.22. The van der Waals surface area contributed by atoms with Crippen molar-refractivity contribution in [3.8, 4) is 0 Å². The van der Waals surface area contributed by atoms with E-state index in [1.165, 1.54) is 11.8 Å². The lowest BCUT2D eigenvalue weighted by atomic mass is 10.4. The van der Waals surface area contributed by atoms with Crippen molar-refractivity contribution in [2.24, 2.45) is 0 Å². The van der Waals surface area contributed by atoms with Crippen molar-refractivity contribution in [3.63, 3.8) is 0 Å². The average Bonchev–Trinajstić information content (AvgIpc) is 2.56. The van der Waals surface area contributed by atoms with E-state index < -0.39 is 18.2 Å². The molecule has 1 heterocycles. The van der Waals surface area contributed by atoms with Crippen molar-refractivity contribution >= 4 is 40.5 Å². The highest BCUT2D eigenvalue weighted by atomic mass is 32.2. The number of rotatable bonds is 8. The summed E-state index contributed by atoms with van der Waals surface area (Å²) in [7, 11) is 0. The van der Waals surface area contributed by atoms with E-state index in [4.69, 9.17) is 40.6 Å². The Balaban J connectivity index is 1.96. The summed E-state index contributed by atoms with van der Waals surface area (Å²) in [6.45, 7) is 4.34. The predicted molar refractivity (Wildman–Crippen MR) is 85.2 cm³/mol. The Kier molecular flexibility index (Phi) is 10.4. The molecular weight excluding hydrogens is 348 g/mol. The molecule has 1 aliphatic heterocycles. The SMILES string of the molecule is C=CC(=O)OCCSC(=S)OCCOC(=O)OC1COCOC1. The molecule has 0 atom stereocenters. The van der Waals surface area contributed by atoms with Gasteiger partial charge in [0.25, 0.3) is 0 Å². The second-order valence-corrected chi connectivity index (χ2v) is 5.71. The number of thiocarbonyl (C=S) groups is 1. The number of carbonyl (C=O) groups is 2. The standard InChI is InChI=1S/C13H18O8S2/c1-2-11(14)18-5-6-23-13(22)20-4-3-19-12(15)21-10-7-16-9-17-8-10/h2,10H,1,3-9H2. The Bertz CT molecular complexity index is 409. The third-order valence-electron chi connectivity index (χ3n) is 2.27. The molecule has 0 bridgehead atoms. The minimum atomic E-state index is -0.817. The van der Waals surface area contributed by atoms with Crippen LogP contribution in [-0.2, 0) is 33.2 Å². The molecule has 0 aromatic carbocycles. The minimum Gasteiger partial charge on any atom is -0.475 e. The van der Waals surface area contributed by atoms with Crippen LogP contribution in [0.2, 0.25) is 0 Å². The van der Waals surface area contributed by atoms with Crippen molar-refractivity contribution in [2.75, 3.05) is 45.6 Å². The summed E-state index contributed by atoms with van der Waals surface area (Å²) in [5.41, 5.74) is 0. The Morgan fingerprint density at radius 2 is 1.87 bits per heavy atom. The summed E-state index contributed by atoms with van der Waals surface area (Å²) < 4.78 is 29.9. The fourth-order valence-corrected chi connectivity index (χ4v) is 2.16. The van der Waals surface area contributed by atoms with Crippen LogP contribution in [0.5, 0.6) is 0 Å². The molecule has 10 heteroatoms. The highest BCUT2D eigenvalue weighted by Crippen LogP contribution is 2.06. The number of hydrogen-bond acceptors (Lipinski definition) is 10. The van der Waals surface area contributed by atoms with E-state index in [9.17, 15) is 9.59 Å². The number of carbonyl (C=O) groups excluding carboxylic acids is 2. The van der Waals surface area contributed by atoms with Gasteiger partial charge >= 0.3 is 12.1 Å². The van der Waals surface area contributed by atoms with Crippen molar-refractivity contribution in [1.29, 1.82) is 0 Å². The summed E-state index contributed by atoms with van der Waals surface area (Å²) in [5.74, 6) is -0.0266. The number of hydrogen-bond donors (Lipinski definition) is 0. The molecule has 0 aromatic rings. The van der Waals surface area contributed by atoms with Gasteiger partial charge in [0.1, 0.15) is 26.6 Å². The Hall–Kier alpha value is -1.36. The molecule has 1 fully saturated rings. The van der Waals surface area contributed by atoms with E-state index in [-0.39, 0.29) is 44.2 Å². The fraction of sp³-hybridized carbons (Fsp3) is 0.615. The van der Waals surface area contributed by atoms with E-state index in [0.29, 0.717) is 5.75 Å². The topological polar surface area (TPSA) is 89.5 Å². The molecular formula is C13H18O8S2. The predicted octanol–water partition coefficient (Wildman–Crippen LogP) is 1.28. The van der Waals surface area contributed by atoms with Crippen LogP contribution in [-0.4, -0.2) is 68.2 Å². The van der Waals surface area contributed by atoms with Gasteiger partial charge in [-0.1, -0.05) is 18.3 Å². The normalized spacial score (nSPS) is 14.6. The lowest BCUT2D eigenvalue weighted by Gasteiger charge is -2.21. The Morgan fingerprint density at radius 3 is 2.57 bits per heavy atom. The molecule has 0 saturated carbocycles. The van der Waals surface area contributed by atoms with Crippen LogP contribution in [0, 0.1) is 0 Å². The van der Waals surface area contributed by atoms with Gasteiger partial charge in [-0.05, 0) is 12.2 Å². The van der Waals surface area contributed by atoms with Gasteiger partial charge < -0.3 is 28.4 Å². The summed E-state index contributed by atoms with van der Waals surface area (Å²) in [4.78, 5) is 22.1. The second-order valence-electron chi connectivity index (χ2n) is 4.02. The van der Waals surface area contributed by atoms with Gasteiger partial charge in [-0.3, -0.25) is 0 Å². The maximum Gasteiger partial charge on any atom is 0.508 e. The molecule has 1 aliphatic rings. The van der Waals surface area contributed by atoms with Gasteiger partial charge in [-0.15, -0.1) is 0 Å². The molecule has 130 valence electrons. The average molecular weight is 366 g/mol. The molecule has 0 spiro atoms. The monoisotopic (exact) mass is 366 g/mol. The Morgan fingerprint density at radius 1 is 1.17 bits per heavy atom. The molecule has 1 saturated heterocycles. The van der Waals surface area contributed by atoms with E-state index in [2.05, 4.69) is 6.58 Å². The van der Waals surface area contributed by atoms with E-state index in [0.717, 1.165) is 6.08 Å². The molecule has 0 amide bonds. The largest absolute Gasteiger partial charge is 0.508 e. The maximum absolute atomic E-state index is 11.4. The van der Waals surface area contributed by atoms with E-state index >= 15 is 0 Å². The van der Waals surface area contributed by atoms with Crippen LogP contribution in [0.4, 0.5) is 4.79 Å². The summed E-state index contributed by atoms with van der Waals surface area (Å²) >= 11 is 6.16. The van der Waals surface area contributed by atoms with Crippen LogP contribution in [0.3, 0.4) is 0 Å². The van der Waals surface area contributed by atoms with Crippen LogP contribution in [0.15, 0.2) is 12.7 Å². The first kappa shape index (κ1) is 19.7. The van der Waals surface area contributed by atoms with E-state index in [1.54, 1.807) is 0 Å². The summed E-state index contributed by atoms with van der Waals surface area (Å²) in [6, 6.07) is 0. The molecule has 0 N–H and O–H groups in total. The van der Waals surface area contributed by atoms with Crippen molar-refractivity contribution < 1.29 is 38.0 Å². The van der Waals surface area contributed by atoms with Crippen molar-refractivity contribution in [2.45, 2.75) is 6.10 Å². The van der Waals surface area contributed by atoms with Gasteiger partial charge in [0.15, 0.2) is 6.10 Å². The first-order valence-electron chi connectivity index (χ1n) is 6.69. The number of esters is 1. The zero-order valence-corrected chi connectivity index (χ0v) is 14.0. The van der Waals surface area contributed by atoms with Gasteiger partial charge in [0.05, 0.1) is 13.2 Å². The first-order chi connectivity index (χ1) is 11.1. The minimum absolute atomic E-state index is 0.000578. The molecule has 0 radical (unpaired) electrons. The van der Waals surface area contributed by atoms with Crippen LogP contribution >= 0.6 is 24.0 Å². The molecule has 23 heavy (non-hydrogen) atoms. The molecule has 0 aromatic heterocycles. The highest BCUT2D eigenvalue weighted by Gasteiger charge is 2.19. The molecule has 8 nitrogen and oxygen atoms in total. The summed E-state index contributed by atoms with van der Waals surface area (Å²) in [6.07, 6.45) is -0.198. The maximum atomic E-state index is 11.4. The smallest absolute Gasteiger partial charge is 0.475 e. The van der Waals surface area contributed by atoms with Crippen LogP contribution in [0.25, 0.3) is 0 Å². The molecule has 1 rings (SSSR count). The zero-order chi connectivity index (χ0) is 16.9. The van der Waals surface area contributed by atoms with Gasteiger partial charge in [0, 0.05) is 11.8 Å². The van der Waals surface area contributed by atoms with Crippen molar-refractivity contribution in [1.82, 2.24) is 0 Å². The lowest BCUT2D eigenvalue weighted by molar-refractivity contribution is -0.157. The van der Waals surface area contributed by atoms with Crippen LogP contribution < -0.4 is 0 Å². The van der Waals surface area contributed by atoms with Crippen LogP contribution in [0.1, 0.15) is 0 Å².